The van der Waals surface area contributed by atoms with Crippen molar-refractivity contribution in [3.8, 4) is 0 Å². The summed E-state index contributed by atoms with van der Waals surface area (Å²) in [5.41, 5.74) is 12.6. The maximum absolute atomic E-state index is 13.8. The Bertz CT molecular complexity index is 869. The Kier molecular flexibility index (Phi) is 3.69. The first-order valence-electron chi connectivity index (χ1n) is 9.38. The van der Waals surface area contributed by atoms with E-state index in [1.807, 2.05) is 19.1 Å². The number of hydrogen-bond acceptors (Lipinski definition) is 4. The van der Waals surface area contributed by atoms with Crippen LogP contribution in [0.25, 0.3) is 0 Å². The molecule has 3 aliphatic heterocycles. The van der Waals surface area contributed by atoms with Crippen molar-refractivity contribution in [2.24, 2.45) is 0 Å². The molecule has 3 atom stereocenters. The Morgan fingerprint density at radius 1 is 1.27 bits per heavy atom. The minimum atomic E-state index is -0.154. The lowest BCUT2D eigenvalue weighted by molar-refractivity contribution is 0.109. The minimum Gasteiger partial charge on any atom is -0.399 e. The average Bonchev–Trinajstić information content (AvgIpc) is 2.83. The molecule has 0 amide bonds. The molecule has 2 aromatic carbocycles. The molecule has 1 saturated heterocycles. The van der Waals surface area contributed by atoms with E-state index in [0.29, 0.717) is 30.7 Å². The van der Waals surface area contributed by atoms with E-state index in [0.717, 1.165) is 30.8 Å². The zero-order valence-electron chi connectivity index (χ0n) is 15.0. The third kappa shape index (κ3) is 2.34. The minimum absolute atomic E-state index is 0.103. The maximum atomic E-state index is 13.8. The zero-order valence-corrected chi connectivity index (χ0v) is 15.0. The number of piperidine rings is 1. The number of fused-ring (bicyclic) bond motifs is 3. The second-order valence-electron chi connectivity index (χ2n) is 7.73. The number of hydrogen-bond donors (Lipinski definition) is 2. The fourth-order valence-electron chi connectivity index (χ4n) is 4.99. The smallest absolute Gasteiger partial charge is 0.126 e. The van der Waals surface area contributed by atoms with Crippen LogP contribution in [0.4, 0.5) is 15.8 Å². The normalized spacial score (nSPS) is 27.0. The Hall–Kier alpha value is -2.11. The Labute approximate surface area is 153 Å². The summed E-state index contributed by atoms with van der Waals surface area (Å²) in [4.78, 5) is 2.55. The van der Waals surface area contributed by atoms with Gasteiger partial charge in [-0.05, 0) is 54.8 Å². The molecule has 5 rings (SSSR count). The van der Waals surface area contributed by atoms with Gasteiger partial charge in [-0.3, -0.25) is 0 Å². The second-order valence-corrected chi connectivity index (χ2v) is 7.73. The fourth-order valence-corrected chi connectivity index (χ4v) is 4.99. The molecule has 2 aromatic rings. The van der Waals surface area contributed by atoms with Gasteiger partial charge >= 0.3 is 0 Å². The molecule has 3 N–H and O–H groups in total. The topological polar surface area (TPSA) is 50.5 Å². The molecule has 0 aromatic heterocycles. The van der Waals surface area contributed by atoms with Crippen molar-refractivity contribution < 1.29 is 9.13 Å². The van der Waals surface area contributed by atoms with Crippen molar-refractivity contribution >= 4 is 11.4 Å². The Morgan fingerprint density at radius 2 is 2.15 bits per heavy atom. The van der Waals surface area contributed by atoms with Crippen molar-refractivity contribution in [3.05, 3.63) is 58.4 Å². The van der Waals surface area contributed by atoms with E-state index >= 15 is 0 Å². The molecule has 0 saturated carbocycles. The van der Waals surface area contributed by atoms with E-state index < -0.39 is 0 Å². The number of anilines is 2. The van der Waals surface area contributed by atoms with Gasteiger partial charge in [0.05, 0.1) is 19.3 Å². The van der Waals surface area contributed by atoms with E-state index in [4.69, 9.17) is 10.5 Å². The molecule has 0 radical (unpaired) electrons. The zero-order chi connectivity index (χ0) is 17.8. The van der Waals surface area contributed by atoms with E-state index in [1.54, 1.807) is 6.07 Å². The molecule has 5 heteroatoms. The summed E-state index contributed by atoms with van der Waals surface area (Å²) in [5, 5.41) is 3.54. The summed E-state index contributed by atoms with van der Waals surface area (Å²) < 4.78 is 19.9. The maximum Gasteiger partial charge on any atom is 0.126 e. The lowest BCUT2D eigenvalue weighted by atomic mass is 9.89. The summed E-state index contributed by atoms with van der Waals surface area (Å²) in [6.07, 6.45) is 1.09. The van der Waals surface area contributed by atoms with E-state index in [-0.39, 0.29) is 11.9 Å². The third-order valence-corrected chi connectivity index (χ3v) is 6.14. The van der Waals surface area contributed by atoms with Crippen LogP contribution in [0.2, 0.25) is 0 Å². The van der Waals surface area contributed by atoms with Gasteiger partial charge in [0.15, 0.2) is 0 Å². The van der Waals surface area contributed by atoms with E-state index in [2.05, 4.69) is 22.3 Å². The van der Waals surface area contributed by atoms with Crippen molar-refractivity contribution in [2.75, 3.05) is 30.3 Å². The van der Waals surface area contributed by atoms with Gasteiger partial charge in [0.2, 0.25) is 0 Å². The number of aryl methyl sites for hydroxylation is 1. The SMILES string of the molecule is Cc1cc(C2COCc3cc(N)cc4c3N2C2CCNCC42)ccc1F. The van der Waals surface area contributed by atoms with Gasteiger partial charge in [-0.25, -0.2) is 4.39 Å². The van der Waals surface area contributed by atoms with Crippen LogP contribution < -0.4 is 16.0 Å². The molecule has 3 aliphatic rings. The van der Waals surface area contributed by atoms with Crippen LogP contribution in [0.5, 0.6) is 0 Å². The monoisotopic (exact) mass is 353 g/mol. The van der Waals surface area contributed by atoms with Crippen LogP contribution in [0.3, 0.4) is 0 Å². The lowest BCUT2D eigenvalue weighted by Gasteiger charge is -2.39. The Morgan fingerprint density at radius 3 is 3.00 bits per heavy atom. The molecule has 1 fully saturated rings. The quantitative estimate of drug-likeness (QED) is 0.773. The number of nitrogens with one attached hydrogen (secondary N) is 1. The molecular formula is C21H24FN3O. The summed E-state index contributed by atoms with van der Waals surface area (Å²) in [6.45, 7) is 5.01. The molecule has 0 spiro atoms. The summed E-state index contributed by atoms with van der Waals surface area (Å²) in [6, 6.07) is 10.2. The largest absolute Gasteiger partial charge is 0.399 e. The first-order chi connectivity index (χ1) is 12.6. The van der Waals surface area contributed by atoms with Crippen LogP contribution in [0.15, 0.2) is 30.3 Å². The van der Waals surface area contributed by atoms with Gasteiger partial charge in [0, 0.05) is 35.4 Å². The molecule has 3 heterocycles. The fraction of sp³-hybridized carbons (Fsp3) is 0.429. The van der Waals surface area contributed by atoms with Crippen molar-refractivity contribution in [1.82, 2.24) is 5.32 Å². The standard InChI is InChI=1S/C21H24FN3O/c1-12-6-13(2-3-18(12)22)20-11-26-10-14-7-15(23)8-16-17-9-24-5-4-19(17)25(20)21(14)16/h2-3,6-8,17,19-20,24H,4-5,9-11,23H2,1H3. The first-order valence-corrected chi connectivity index (χ1v) is 9.38. The van der Waals surface area contributed by atoms with Crippen LogP contribution in [0, 0.1) is 12.7 Å². The van der Waals surface area contributed by atoms with Crippen LogP contribution in [0.1, 0.15) is 40.6 Å². The van der Waals surface area contributed by atoms with Crippen molar-refractivity contribution in [2.45, 2.75) is 38.0 Å². The number of nitrogen functional groups attached to an aromatic ring is 1. The molecule has 3 unspecified atom stereocenters. The highest BCUT2D eigenvalue weighted by atomic mass is 19.1. The van der Waals surface area contributed by atoms with Gasteiger partial charge in [0.25, 0.3) is 0 Å². The molecular weight excluding hydrogens is 329 g/mol. The van der Waals surface area contributed by atoms with Crippen LogP contribution >= 0.6 is 0 Å². The number of halogens is 1. The summed E-state index contributed by atoms with van der Waals surface area (Å²) in [7, 11) is 0. The Balaban J connectivity index is 1.67. The second kappa shape index (κ2) is 5.96. The van der Waals surface area contributed by atoms with Crippen molar-refractivity contribution in [1.29, 1.82) is 0 Å². The predicted octanol–water partition coefficient (Wildman–Crippen LogP) is 3.25. The van der Waals surface area contributed by atoms with Gasteiger partial charge in [0.1, 0.15) is 5.82 Å². The number of benzene rings is 2. The van der Waals surface area contributed by atoms with Gasteiger partial charge < -0.3 is 20.7 Å². The van der Waals surface area contributed by atoms with Gasteiger partial charge in [-0.1, -0.05) is 12.1 Å². The number of rotatable bonds is 1. The number of nitrogens with two attached hydrogens (primary N) is 1. The van der Waals surface area contributed by atoms with Crippen LogP contribution in [-0.2, 0) is 11.3 Å². The van der Waals surface area contributed by atoms with Gasteiger partial charge in [-0.15, -0.1) is 0 Å². The highest BCUT2D eigenvalue weighted by molar-refractivity contribution is 5.72. The molecule has 4 nitrogen and oxygen atoms in total. The van der Waals surface area contributed by atoms with Gasteiger partial charge in [-0.2, -0.15) is 0 Å². The lowest BCUT2D eigenvalue weighted by Crippen LogP contribution is -2.46. The number of nitrogens with zero attached hydrogens (tertiary/aromatic N) is 1. The summed E-state index contributed by atoms with van der Waals surface area (Å²) in [5.74, 6) is 0.293. The average molecular weight is 353 g/mol. The first kappa shape index (κ1) is 16.1. The molecule has 26 heavy (non-hydrogen) atoms. The number of ether oxygens (including phenoxy) is 1. The highest BCUT2D eigenvalue weighted by Crippen LogP contribution is 2.51. The molecule has 0 aliphatic carbocycles. The van der Waals surface area contributed by atoms with E-state index in [1.165, 1.54) is 16.8 Å². The highest BCUT2D eigenvalue weighted by Gasteiger charge is 2.45. The van der Waals surface area contributed by atoms with E-state index in [9.17, 15) is 4.39 Å². The molecule has 0 bridgehead atoms. The summed E-state index contributed by atoms with van der Waals surface area (Å²) >= 11 is 0. The van der Waals surface area contributed by atoms with Crippen LogP contribution in [-0.4, -0.2) is 25.7 Å². The van der Waals surface area contributed by atoms with Crippen molar-refractivity contribution in [3.63, 3.8) is 0 Å². The predicted molar refractivity (Wildman–Crippen MR) is 101 cm³/mol. The molecule has 136 valence electrons. The third-order valence-electron chi connectivity index (χ3n) is 6.14.